The molecule has 1 aliphatic carbocycles. The van der Waals surface area contributed by atoms with Gasteiger partial charge < -0.3 is 9.64 Å². The number of carbonyl (C=O) groups excluding carboxylic acids is 1. The van der Waals surface area contributed by atoms with Gasteiger partial charge in [-0.05, 0) is 32.7 Å². The Bertz CT molecular complexity index is 291. The minimum Gasteiger partial charge on any atom is -0.468 e. The second-order valence-electron chi connectivity index (χ2n) is 6.21. The molecule has 2 rings (SSSR count). The van der Waals surface area contributed by atoms with Crippen LogP contribution in [0.15, 0.2) is 0 Å². The first-order valence-electron chi connectivity index (χ1n) is 7.71. The summed E-state index contributed by atoms with van der Waals surface area (Å²) in [6.45, 7) is 1.93. The largest absolute Gasteiger partial charge is 0.468 e. The fraction of sp³-hybridized carbons (Fsp3) is 0.933. The number of ether oxygens (including phenoxy) is 1. The first-order valence-corrected chi connectivity index (χ1v) is 7.71. The first-order chi connectivity index (χ1) is 9.16. The molecule has 1 N–H and O–H groups in total. The summed E-state index contributed by atoms with van der Waals surface area (Å²) in [7, 11) is 3.63. The van der Waals surface area contributed by atoms with E-state index in [1.165, 1.54) is 45.6 Å². The zero-order valence-electron chi connectivity index (χ0n) is 12.4. The van der Waals surface area contributed by atoms with Crippen molar-refractivity contribution in [3.05, 3.63) is 0 Å². The van der Waals surface area contributed by atoms with Gasteiger partial charge in [-0.25, -0.2) is 0 Å². The molecule has 0 aromatic rings. The van der Waals surface area contributed by atoms with Gasteiger partial charge >= 0.3 is 5.97 Å². The third kappa shape index (κ3) is 3.69. The summed E-state index contributed by atoms with van der Waals surface area (Å²) in [6, 6.07) is 0.491. The zero-order chi connectivity index (χ0) is 13.7. The van der Waals surface area contributed by atoms with E-state index in [0.29, 0.717) is 6.04 Å². The molecular formula is C15H28N2O2. The van der Waals surface area contributed by atoms with Gasteiger partial charge in [0.25, 0.3) is 0 Å². The third-order valence-electron chi connectivity index (χ3n) is 4.75. The molecule has 0 radical (unpaired) electrons. The van der Waals surface area contributed by atoms with Crippen molar-refractivity contribution in [2.45, 2.75) is 62.9 Å². The van der Waals surface area contributed by atoms with Crippen LogP contribution in [0.4, 0.5) is 0 Å². The van der Waals surface area contributed by atoms with Gasteiger partial charge in [0.15, 0.2) is 0 Å². The highest BCUT2D eigenvalue weighted by molar-refractivity contribution is 5.81. The lowest BCUT2D eigenvalue weighted by atomic mass is 9.86. The van der Waals surface area contributed by atoms with Gasteiger partial charge in [0, 0.05) is 19.1 Å². The second-order valence-corrected chi connectivity index (χ2v) is 6.21. The Morgan fingerprint density at radius 2 is 1.74 bits per heavy atom. The molecule has 110 valence electrons. The summed E-state index contributed by atoms with van der Waals surface area (Å²) < 4.78 is 5.08. The van der Waals surface area contributed by atoms with E-state index in [-0.39, 0.29) is 5.97 Å². The van der Waals surface area contributed by atoms with E-state index >= 15 is 0 Å². The zero-order valence-corrected chi connectivity index (χ0v) is 12.4. The maximum absolute atomic E-state index is 12.3. The van der Waals surface area contributed by atoms with E-state index in [1.807, 2.05) is 0 Å². The molecule has 0 atom stereocenters. The van der Waals surface area contributed by atoms with E-state index in [4.69, 9.17) is 4.74 Å². The van der Waals surface area contributed by atoms with Gasteiger partial charge in [-0.3, -0.25) is 10.1 Å². The Kier molecular flexibility index (Phi) is 5.22. The summed E-state index contributed by atoms with van der Waals surface area (Å²) in [5.41, 5.74) is -0.434. The SMILES string of the molecule is COC(=O)C1(NC2CCCCCC2)CCN(C)CC1. The number of nitrogens with zero attached hydrogens (tertiary/aromatic N) is 1. The molecular weight excluding hydrogens is 240 g/mol. The van der Waals surface area contributed by atoms with Crippen molar-refractivity contribution < 1.29 is 9.53 Å². The molecule has 4 heteroatoms. The smallest absolute Gasteiger partial charge is 0.326 e. The van der Waals surface area contributed by atoms with Crippen molar-refractivity contribution in [2.75, 3.05) is 27.2 Å². The van der Waals surface area contributed by atoms with Crippen molar-refractivity contribution in [1.82, 2.24) is 10.2 Å². The molecule has 2 aliphatic rings. The van der Waals surface area contributed by atoms with Crippen LogP contribution >= 0.6 is 0 Å². The van der Waals surface area contributed by atoms with Crippen LogP contribution in [0.5, 0.6) is 0 Å². The van der Waals surface area contributed by atoms with Crippen LogP contribution in [0, 0.1) is 0 Å². The summed E-state index contributed by atoms with van der Waals surface area (Å²) in [4.78, 5) is 14.5. The molecule has 0 aromatic carbocycles. The van der Waals surface area contributed by atoms with Crippen molar-refractivity contribution in [1.29, 1.82) is 0 Å². The second kappa shape index (κ2) is 6.71. The molecule has 0 bridgehead atoms. The monoisotopic (exact) mass is 268 g/mol. The number of hydrogen-bond donors (Lipinski definition) is 1. The van der Waals surface area contributed by atoms with Gasteiger partial charge in [-0.2, -0.15) is 0 Å². The van der Waals surface area contributed by atoms with Crippen LogP contribution in [0.25, 0.3) is 0 Å². The Morgan fingerprint density at radius 3 is 2.26 bits per heavy atom. The Labute approximate surface area is 116 Å². The standard InChI is InChI=1S/C15H28N2O2/c1-17-11-9-15(10-12-17,14(18)19-2)16-13-7-5-3-4-6-8-13/h13,16H,3-12H2,1-2H3. The maximum atomic E-state index is 12.3. The first kappa shape index (κ1) is 14.8. The highest BCUT2D eigenvalue weighted by Gasteiger charge is 2.43. The van der Waals surface area contributed by atoms with Crippen LogP contribution in [0.3, 0.4) is 0 Å². The topological polar surface area (TPSA) is 41.6 Å². The van der Waals surface area contributed by atoms with Gasteiger partial charge in [-0.15, -0.1) is 0 Å². The lowest BCUT2D eigenvalue weighted by molar-refractivity contribution is -0.151. The van der Waals surface area contributed by atoms with Gasteiger partial charge in [0.2, 0.25) is 0 Å². The molecule has 0 amide bonds. The van der Waals surface area contributed by atoms with Gasteiger partial charge in [0.1, 0.15) is 5.54 Å². The number of likely N-dealkylation sites (tertiary alicyclic amines) is 1. The van der Waals surface area contributed by atoms with Crippen molar-refractivity contribution in [3.63, 3.8) is 0 Å². The van der Waals surface area contributed by atoms with E-state index in [2.05, 4.69) is 17.3 Å². The minimum absolute atomic E-state index is 0.0650. The van der Waals surface area contributed by atoms with E-state index < -0.39 is 5.54 Å². The number of nitrogens with one attached hydrogen (secondary N) is 1. The molecule has 1 aliphatic heterocycles. The van der Waals surface area contributed by atoms with E-state index in [1.54, 1.807) is 0 Å². The molecule has 2 fully saturated rings. The fourth-order valence-corrected chi connectivity index (χ4v) is 3.42. The quantitative estimate of drug-likeness (QED) is 0.627. The van der Waals surface area contributed by atoms with Gasteiger partial charge in [0.05, 0.1) is 7.11 Å². The number of carbonyl (C=O) groups is 1. The lowest BCUT2D eigenvalue weighted by Gasteiger charge is -2.41. The number of methoxy groups -OCH3 is 1. The summed E-state index contributed by atoms with van der Waals surface area (Å²) >= 11 is 0. The fourth-order valence-electron chi connectivity index (χ4n) is 3.42. The molecule has 1 saturated carbocycles. The van der Waals surface area contributed by atoms with Crippen LogP contribution < -0.4 is 5.32 Å². The summed E-state index contributed by atoms with van der Waals surface area (Å²) in [5.74, 6) is -0.0650. The highest BCUT2D eigenvalue weighted by Crippen LogP contribution is 2.27. The van der Waals surface area contributed by atoms with Crippen LogP contribution in [0.2, 0.25) is 0 Å². The van der Waals surface area contributed by atoms with Gasteiger partial charge in [-0.1, -0.05) is 25.7 Å². The van der Waals surface area contributed by atoms with Crippen LogP contribution in [-0.2, 0) is 9.53 Å². The predicted octanol–water partition coefficient (Wildman–Crippen LogP) is 1.94. The average molecular weight is 268 g/mol. The third-order valence-corrected chi connectivity index (χ3v) is 4.75. The number of rotatable bonds is 3. The molecule has 1 saturated heterocycles. The lowest BCUT2D eigenvalue weighted by Crippen LogP contribution is -2.61. The molecule has 0 spiro atoms. The summed E-state index contributed by atoms with van der Waals surface area (Å²) in [6.07, 6.45) is 9.39. The molecule has 0 aromatic heterocycles. The normalized spacial score (nSPS) is 25.8. The van der Waals surface area contributed by atoms with Crippen molar-refractivity contribution >= 4 is 5.97 Å². The van der Waals surface area contributed by atoms with Crippen molar-refractivity contribution in [3.8, 4) is 0 Å². The van der Waals surface area contributed by atoms with Crippen LogP contribution in [0.1, 0.15) is 51.4 Å². The summed E-state index contributed by atoms with van der Waals surface area (Å²) in [5, 5.41) is 3.68. The number of hydrogen-bond acceptors (Lipinski definition) is 4. The Balaban J connectivity index is 2.02. The van der Waals surface area contributed by atoms with E-state index in [0.717, 1.165) is 25.9 Å². The average Bonchev–Trinajstić information content (AvgIpc) is 2.69. The van der Waals surface area contributed by atoms with Crippen LogP contribution in [-0.4, -0.2) is 49.7 Å². The molecule has 1 heterocycles. The predicted molar refractivity (Wildman–Crippen MR) is 76.1 cm³/mol. The molecule has 0 unspecified atom stereocenters. The van der Waals surface area contributed by atoms with E-state index in [9.17, 15) is 4.79 Å². The minimum atomic E-state index is -0.434. The highest BCUT2D eigenvalue weighted by atomic mass is 16.5. The molecule has 19 heavy (non-hydrogen) atoms. The maximum Gasteiger partial charge on any atom is 0.326 e. The Hall–Kier alpha value is -0.610. The Morgan fingerprint density at radius 1 is 1.16 bits per heavy atom. The number of esters is 1. The van der Waals surface area contributed by atoms with Crippen molar-refractivity contribution in [2.24, 2.45) is 0 Å². The molecule has 4 nitrogen and oxygen atoms in total. The number of piperidine rings is 1.